The largest absolute Gasteiger partial charge is 0.500 e. The van der Waals surface area contributed by atoms with Crippen LogP contribution in [0.15, 0.2) is 54.5 Å². The molecule has 0 aliphatic carbocycles. The molecule has 0 fully saturated rings. The molecule has 0 bridgehead atoms. The topological polar surface area (TPSA) is 44.8 Å². The summed E-state index contributed by atoms with van der Waals surface area (Å²) in [7, 11) is 2.71. The maximum absolute atomic E-state index is 11.7. The SMILES string of the molecule is CO/C=C(\Oc1cc(-c2cccc(Cl)c2)ccc1C)C(=O)OC. The van der Waals surface area contributed by atoms with Crippen LogP contribution in [0.3, 0.4) is 0 Å². The highest BCUT2D eigenvalue weighted by molar-refractivity contribution is 6.30. The number of halogens is 1. The van der Waals surface area contributed by atoms with E-state index >= 15 is 0 Å². The van der Waals surface area contributed by atoms with Crippen molar-refractivity contribution in [3.8, 4) is 16.9 Å². The van der Waals surface area contributed by atoms with Crippen LogP contribution in [-0.4, -0.2) is 20.2 Å². The fourth-order valence-electron chi connectivity index (χ4n) is 2.00. The number of hydrogen-bond donors (Lipinski definition) is 0. The van der Waals surface area contributed by atoms with Gasteiger partial charge in [-0.3, -0.25) is 0 Å². The van der Waals surface area contributed by atoms with Gasteiger partial charge in [-0.05, 0) is 41.8 Å². The third-order valence-electron chi connectivity index (χ3n) is 3.18. The van der Waals surface area contributed by atoms with Crippen LogP contribution in [-0.2, 0) is 14.3 Å². The van der Waals surface area contributed by atoms with Gasteiger partial charge in [0, 0.05) is 5.02 Å². The second-order valence-corrected chi connectivity index (χ2v) is 5.24. The Bertz CT molecular complexity index is 738. The van der Waals surface area contributed by atoms with Gasteiger partial charge < -0.3 is 14.2 Å². The molecule has 0 amide bonds. The van der Waals surface area contributed by atoms with Gasteiger partial charge in [0.25, 0.3) is 0 Å². The first-order chi connectivity index (χ1) is 11.0. The minimum Gasteiger partial charge on any atom is -0.500 e. The maximum Gasteiger partial charge on any atom is 0.377 e. The zero-order valence-electron chi connectivity index (χ0n) is 13.1. The first-order valence-electron chi connectivity index (χ1n) is 6.91. The van der Waals surface area contributed by atoms with Crippen LogP contribution in [0.1, 0.15) is 5.56 Å². The van der Waals surface area contributed by atoms with Crippen LogP contribution >= 0.6 is 11.6 Å². The molecule has 2 rings (SSSR count). The summed E-state index contributed by atoms with van der Waals surface area (Å²) in [5.74, 6) is -0.100. The Balaban J connectivity index is 2.37. The second kappa shape index (κ2) is 7.70. The van der Waals surface area contributed by atoms with Crippen molar-refractivity contribution in [3.63, 3.8) is 0 Å². The summed E-state index contributed by atoms with van der Waals surface area (Å²) in [5, 5.41) is 0.653. The summed E-state index contributed by atoms with van der Waals surface area (Å²) < 4.78 is 15.2. The lowest BCUT2D eigenvalue weighted by molar-refractivity contribution is -0.138. The third kappa shape index (κ3) is 4.27. The maximum atomic E-state index is 11.7. The minimum absolute atomic E-state index is 0.0265. The molecule has 0 saturated carbocycles. The zero-order valence-corrected chi connectivity index (χ0v) is 13.9. The van der Waals surface area contributed by atoms with Gasteiger partial charge in [0.2, 0.25) is 5.76 Å². The van der Waals surface area contributed by atoms with Crippen molar-refractivity contribution in [2.45, 2.75) is 6.92 Å². The Morgan fingerprint density at radius 3 is 2.48 bits per heavy atom. The summed E-state index contributed by atoms with van der Waals surface area (Å²) >= 11 is 6.03. The predicted octanol–water partition coefficient (Wildman–Crippen LogP) is 4.36. The third-order valence-corrected chi connectivity index (χ3v) is 3.41. The fraction of sp³-hybridized carbons (Fsp3) is 0.167. The lowest BCUT2D eigenvalue weighted by atomic mass is 10.0. The van der Waals surface area contributed by atoms with E-state index in [-0.39, 0.29) is 5.76 Å². The van der Waals surface area contributed by atoms with Crippen LogP contribution in [0, 0.1) is 6.92 Å². The molecule has 0 saturated heterocycles. The molecule has 0 N–H and O–H groups in total. The van der Waals surface area contributed by atoms with Crippen LogP contribution < -0.4 is 4.74 Å². The number of methoxy groups -OCH3 is 2. The van der Waals surface area contributed by atoms with Gasteiger partial charge in [-0.2, -0.15) is 0 Å². The van der Waals surface area contributed by atoms with E-state index in [1.165, 1.54) is 20.5 Å². The Kier molecular flexibility index (Phi) is 5.66. The molecular formula is C18H17ClO4. The molecule has 0 atom stereocenters. The summed E-state index contributed by atoms with van der Waals surface area (Å²) in [6.07, 6.45) is 1.21. The molecule has 0 aromatic heterocycles. The lowest BCUT2D eigenvalue weighted by Gasteiger charge is -2.12. The van der Waals surface area contributed by atoms with Gasteiger partial charge in [-0.25, -0.2) is 4.79 Å². The number of aryl methyl sites for hydroxylation is 1. The smallest absolute Gasteiger partial charge is 0.377 e. The van der Waals surface area contributed by atoms with Gasteiger partial charge in [0.05, 0.1) is 14.2 Å². The number of hydrogen-bond acceptors (Lipinski definition) is 4. The predicted molar refractivity (Wildman–Crippen MR) is 89.4 cm³/mol. The van der Waals surface area contributed by atoms with Crippen LogP contribution in [0.2, 0.25) is 5.02 Å². The molecule has 0 heterocycles. The van der Waals surface area contributed by atoms with Gasteiger partial charge in [0.1, 0.15) is 12.0 Å². The van der Waals surface area contributed by atoms with Crippen molar-refractivity contribution in [2.24, 2.45) is 0 Å². The Morgan fingerprint density at radius 2 is 1.83 bits per heavy atom. The standard InChI is InChI=1S/C18H17ClO4/c1-12-7-8-14(13-5-4-6-15(19)9-13)10-16(12)23-17(11-21-2)18(20)22-3/h4-11H,1-3H3/b17-11-. The molecule has 5 heteroatoms. The molecule has 2 aromatic rings. The summed E-state index contributed by atoms with van der Waals surface area (Å²) in [5.41, 5.74) is 2.76. The number of esters is 1. The van der Waals surface area contributed by atoms with E-state index < -0.39 is 5.97 Å². The highest BCUT2D eigenvalue weighted by atomic mass is 35.5. The van der Waals surface area contributed by atoms with E-state index in [9.17, 15) is 4.79 Å². The second-order valence-electron chi connectivity index (χ2n) is 4.80. The van der Waals surface area contributed by atoms with E-state index in [1.807, 2.05) is 49.4 Å². The summed E-state index contributed by atoms with van der Waals surface area (Å²) in [4.78, 5) is 11.7. The Hall–Kier alpha value is -2.46. The zero-order chi connectivity index (χ0) is 16.8. The van der Waals surface area contributed by atoms with Crippen molar-refractivity contribution in [1.29, 1.82) is 0 Å². The number of ether oxygens (including phenoxy) is 3. The van der Waals surface area contributed by atoms with Crippen LogP contribution in [0.4, 0.5) is 0 Å². The average molecular weight is 333 g/mol. The molecule has 4 nitrogen and oxygen atoms in total. The van der Waals surface area contributed by atoms with Crippen molar-refractivity contribution in [3.05, 3.63) is 65.1 Å². The Morgan fingerprint density at radius 1 is 1.09 bits per heavy atom. The molecular weight excluding hydrogens is 316 g/mol. The van der Waals surface area contributed by atoms with Crippen molar-refractivity contribution in [1.82, 2.24) is 0 Å². The first-order valence-corrected chi connectivity index (χ1v) is 7.28. The van der Waals surface area contributed by atoms with Crippen LogP contribution in [0.5, 0.6) is 5.75 Å². The van der Waals surface area contributed by atoms with Gasteiger partial charge >= 0.3 is 5.97 Å². The Labute approximate surface area is 140 Å². The highest BCUT2D eigenvalue weighted by Gasteiger charge is 2.15. The molecule has 0 aliphatic heterocycles. The van der Waals surface area contributed by atoms with E-state index in [2.05, 4.69) is 4.74 Å². The molecule has 23 heavy (non-hydrogen) atoms. The molecule has 0 spiro atoms. The minimum atomic E-state index is -0.612. The van der Waals surface area contributed by atoms with Gasteiger partial charge in [0.15, 0.2) is 0 Å². The molecule has 0 unspecified atom stereocenters. The molecule has 0 aliphatic rings. The normalized spacial score (nSPS) is 11.0. The van der Waals surface area contributed by atoms with Crippen molar-refractivity contribution < 1.29 is 19.0 Å². The molecule has 120 valence electrons. The van der Waals surface area contributed by atoms with E-state index in [0.29, 0.717) is 10.8 Å². The monoisotopic (exact) mass is 332 g/mol. The lowest BCUT2D eigenvalue weighted by Crippen LogP contribution is -2.11. The number of carbonyl (C=O) groups is 1. The van der Waals surface area contributed by atoms with Gasteiger partial charge in [-0.15, -0.1) is 0 Å². The number of carbonyl (C=O) groups excluding carboxylic acids is 1. The summed E-state index contributed by atoms with van der Waals surface area (Å²) in [6, 6.07) is 13.2. The number of rotatable bonds is 5. The average Bonchev–Trinajstić information content (AvgIpc) is 2.55. The van der Waals surface area contributed by atoms with Gasteiger partial charge in [-0.1, -0.05) is 35.9 Å². The fourth-order valence-corrected chi connectivity index (χ4v) is 2.19. The van der Waals surface area contributed by atoms with Crippen molar-refractivity contribution >= 4 is 17.6 Å². The van der Waals surface area contributed by atoms with E-state index in [1.54, 1.807) is 0 Å². The highest BCUT2D eigenvalue weighted by Crippen LogP contribution is 2.29. The first kappa shape index (κ1) is 16.9. The number of benzene rings is 2. The van der Waals surface area contributed by atoms with Crippen molar-refractivity contribution in [2.75, 3.05) is 14.2 Å². The molecule has 2 aromatic carbocycles. The molecule has 0 radical (unpaired) electrons. The summed E-state index contributed by atoms with van der Waals surface area (Å²) in [6.45, 7) is 1.89. The van der Waals surface area contributed by atoms with E-state index in [0.717, 1.165) is 16.7 Å². The quantitative estimate of drug-likeness (QED) is 0.464. The van der Waals surface area contributed by atoms with Crippen LogP contribution in [0.25, 0.3) is 11.1 Å². The van der Waals surface area contributed by atoms with E-state index in [4.69, 9.17) is 21.1 Å².